The third kappa shape index (κ3) is 1.97. The molecule has 0 atom stereocenters. The normalized spacial score (nSPS) is 10.9. The van der Waals surface area contributed by atoms with Gasteiger partial charge in [-0.05, 0) is 37.0 Å². The summed E-state index contributed by atoms with van der Waals surface area (Å²) in [7, 11) is 0. The largest absolute Gasteiger partial charge is 0.0842 e. The maximum Gasteiger partial charge on any atom is -0.0228 e. The molecule has 0 amide bonds. The van der Waals surface area contributed by atoms with E-state index in [1.807, 2.05) is 0 Å². The molecule has 0 aliphatic heterocycles. The van der Waals surface area contributed by atoms with Crippen LogP contribution in [0.4, 0.5) is 0 Å². The molecule has 0 aliphatic rings. The van der Waals surface area contributed by atoms with Gasteiger partial charge in [0.05, 0.1) is 0 Å². The van der Waals surface area contributed by atoms with Crippen LogP contribution in [0, 0.1) is 13.8 Å². The molecule has 0 fully saturated rings. The number of aryl methyl sites for hydroxylation is 1. The Bertz CT molecular complexity index is 282. The lowest BCUT2D eigenvalue weighted by Gasteiger charge is -2.02. The Morgan fingerprint density at radius 1 is 1.25 bits per heavy atom. The Balaban J connectivity index is 3.00. The highest BCUT2D eigenvalue weighted by Gasteiger charge is 1.94. The van der Waals surface area contributed by atoms with Gasteiger partial charge in [-0.25, -0.2) is 0 Å². The maximum atomic E-state index is 2.20. The van der Waals surface area contributed by atoms with Crippen molar-refractivity contribution in [3.8, 4) is 0 Å². The van der Waals surface area contributed by atoms with Crippen LogP contribution in [0.1, 0.15) is 30.0 Å². The topological polar surface area (TPSA) is 0 Å². The second kappa shape index (κ2) is 4.10. The zero-order chi connectivity index (χ0) is 8.97. The third-order valence-electron chi connectivity index (χ3n) is 2.18. The summed E-state index contributed by atoms with van der Waals surface area (Å²) in [5, 5.41) is 0. The smallest absolute Gasteiger partial charge is 0.0228 e. The Hall–Kier alpha value is -1.04. The predicted octanol–water partition coefficient (Wildman–Crippen LogP) is 3.73. The highest BCUT2D eigenvalue weighted by molar-refractivity contribution is 5.55. The third-order valence-corrected chi connectivity index (χ3v) is 2.18. The first-order valence-corrected chi connectivity index (χ1v) is 4.48. The molecule has 64 valence electrons. The molecule has 0 aromatic heterocycles. The van der Waals surface area contributed by atoms with E-state index in [1.54, 1.807) is 0 Å². The van der Waals surface area contributed by atoms with Crippen molar-refractivity contribution >= 4 is 6.08 Å². The molecule has 0 saturated carbocycles. The van der Waals surface area contributed by atoms with E-state index in [0.29, 0.717) is 0 Å². The van der Waals surface area contributed by atoms with Crippen LogP contribution in [0.25, 0.3) is 6.08 Å². The van der Waals surface area contributed by atoms with Gasteiger partial charge in [-0.3, -0.25) is 0 Å². The van der Waals surface area contributed by atoms with E-state index in [1.165, 1.54) is 16.7 Å². The highest BCUT2D eigenvalue weighted by Crippen LogP contribution is 2.14. The lowest BCUT2D eigenvalue weighted by molar-refractivity contribution is 1.23. The fourth-order valence-electron chi connectivity index (χ4n) is 1.20. The summed E-state index contributed by atoms with van der Waals surface area (Å²) in [5.74, 6) is 0. The minimum Gasteiger partial charge on any atom is -0.0842 e. The van der Waals surface area contributed by atoms with Crippen LogP contribution in [0.5, 0.6) is 0 Å². The molecule has 0 bridgehead atoms. The Morgan fingerprint density at radius 2 is 2.00 bits per heavy atom. The van der Waals surface area contributed by atoms with Gasteiger partial charge in [0.2, 0.25) is 0 Å². The molecule has 0 aliphatic carbocycles. The number of hydrogen-bond donors (Lipinski definition) is 0. The van der Waals surface area contributed by atoms with E-state index in [4.69, 9.17) is 0 Å². The number of hydrogen-bond acceptors (Lipinski definition) is 0. The maximum absolute atomic E-state index is 2.20. The van der Waals surface area contributed by atoms with Gasteiger partial charge in [-0.2, -0.15) is 0 Å². The van der Waals surface area contributed by atoms with Gasteiger partial charge < -0.3 is 0 Å². The molecule has 0 heteroatoms. The number of allylic oxidation sites excluding steroid dienone is 1. The van der Waals surface area contributed by atoms with Gasteiger partial charge in [-0.15, -0.1) is 0 Å². The highest BCUT2D eigenvalue weighted by atomic mass is 14.0. The van der Waals surface area contributed by atoms with Crippen LogP contribution in [0.3, 0.4) is 0 Å². The van der Waals surface area contributed by atoms with Crippen LogP contribution < -0.4 is 0 Å². The first-order valence-electron chi connectivity index (χ1n) is 4.48. The molecular weight excluding hydrogens is 144 g/mol. The Labute approximate surface area is 74.9 Å². The molecule has 0 spiro atoms. The molecule has 0 saturated heterocycles. The summed E-state index contributed by atoms with van der Waals surface area (Å²) in [6.07, 6.45) is 5.50. The van der Waals surface area contributed by atoms with Crippen LogP contribution in [-0.4, -0.2) is 0 Å². The lowest BCUT2D eigenvalue weighted by Crippen LogP contribution is -1.84. The van der Waals surface area contributed by atoms with Crippen molar-refractivity contribution in [3.63, 3.8) is 0 Å². The minimum atomic E-state index is 1.10. The van der Waals surface area contributed by atoms with Gasteiger partial charge in [0.15, 0.2) is 0 Å². The zero-order valence-corrected chi connectivity index (χ0v) is 8.09. The minimum absolute atomic E-state index is 1.10. The van der Waals surface area contributed by atoms with Crippen molar-refractivity contribution in [2.24, 2.45) is 0 Å². The van der Waals surface area contributed by atoms with Crippen LogP contribution >= 0.6 is 0 Å². The second-order valence-electron chi connectivity index (χ2n) is 3.10. The van der Waals surface area contributed by atoms with Gasteiger partial charge >= 0.3 is 0 Å². The summed E-state index contributed by atoms with van der Waals surface area (Å²) in [5.41, 5.74) is 4.10. The van der Waals surface area contributed by atoms with Crippen molar-refractivity contribution in [2.45, 2.75) is 27.2 Å². The molecule has 1 aromatic carbocycles. The van der Waals surface area contributed by atoms with E-state index in [2.05, 4.69) is 51.1 Å². The molecule has 0 radical (unpaired) electrons. The van der Waals surface area contributed by atoms with Gasteiger partial charge in [0.25, 0.3) is 0 Å². The van der Waals surface area contributed by atoms with Crippen molar-refractivity contribution in [1.82, 2.24) is 0 Å². The summed E-state index contributed by atoms with van der Waals surface area (Å²) in [6, 6.07) is 6.42. The molecule has 0 nitrogen and oxygen atoms in total. The van der Waals surface area contributed by atoms with Crippen LogP contribution in [0.15, 0.2) is 24.3 Å². The number of benzene rings is 1. The lowest BCUT2D eigenvalue weighted by atomic mass is 10.0. The average molecular weight is 160 g/mol. The molecular formula is C12H16. The van der Waals surface area contributed by atoms with Crippen molar-refractivity contribution in [2.75, 3.05) is 0 Å². The first kappa shape index (κ1) is 9.05. The van der Waals surface area contributed by atoms with Crippen molar-refractivity contribution < 1.29 is 0 Å². The van der Waals surface area contributed by atoms with E-state index in [9.17, 15) is 0 Å². The Kier molecular flexibility index (Phi) is 3.09. The fourth-order valence-corrected chi connectivity index (χ4v) is 1.20. The average Bonchev–Trinajstić information content (AvgIpc) is 2.08. The molecule has 12 heavy (non-hydrogen) atoms. The van der Waals surface area contributed by atoms with Gasteiger partial charge in [-0.1, -0.05) is 37.3 Å². The van der Waals surface area contributed by atoms with Crippen molar-refractivity contribution in [3.05, 3.63) is 41.0 Å². The summed E-state index contributed by atoms with van der Waals surface area (Å²) in [6.45, 7) is 6.48. The summed E-state index contributed by atoms with van der Waals surface area (Å²) < 4.78 is 0. The molecule has 0 heterocycles. The first-order chi connectivity index (χ1) is 5.75. The van der Waals surface area contributed by atoms with Gasteiger partial charge in [0.1, 0.15) is 0 Å². The summed E-state index contributed by atoms with van der Waals surface area (Å²) >= 11 is 0. The van der Waals surface area contributed by atoms with E-state index in [-0.39, 0.29) is 0 Å². The van der Waals surface area contributed by atoms with E-state index in [0.717, 1.165) is 6.42 Å². The monoisotopic (exact) mass is 160 g/mol. The Morgan fingerprint density at radius 3 is 2.67 bits per heavy atom. The van der Waals surface area contributed by atoms with Crippen LogP contribution in [0.2, 0.25) is 0 Å². The fraction of sp³-hybridized carbons (Fsp3) is 0.333. The standard InChI is InChI=1S/C12H16/c1-4-5-8-12-9-6-7-10(2)11(12)3/h5-9H,4H2,1-3H3/b8-5-. The van der Waals surface area contributed by atoms with Gasteiger partial charge in [0, 0.05) is 0 Å². The van der Waals surface area contributed by atoms with E-state index < -0.39 is 0 Å². The van der Waals surface area contributed by atoms with Crippen LogP contribution in [-0.2, 0) is 0 Å². The molecule has 1 aromatic rings. The number of rotatable bonds is 2. The molecule has 0 unspecified atom stereocenters. The van der Waals surface area contributed by atoms with E-state index >= 15 is 0 Å². The molecule has 0 N–H and O–H groups in total. The second-order valence-corrected chi connectivity index (χ2v) is 3.10. The quantitative estimate of drug-likeness (QED) is 0.618. The summed E-state index contributed by atoms with van der Waals surface area (Å²) in [4.78, 5) is 0. The van der Waals surface area contributed by atoms with Crippen molar-refractivity contribution in [1.29, 1.82) is 0 Å². The predicted molar refractivity (Wildman–Crippen MR) is 55.2 cm³/mol. The molecule has 1 rings (SSSR count). The zero-order valence-electron chi connectivity index (χ0n) is 8.09. The SMILES string of the molecule is CC/C=C\c1cccc(C)c1C.